The summed E-state index contributed by atoms with van der Waals surface area (Å²) in [5.74, 6) is 0.865. The minimum absolute atomic E-state index is 0.249. The Bertz CT molecular complexity index is 517. The number of hydrogen-bond donors (Lipinski definition) is 0. The van der Waals surface area contributed by atoms with E-state index in [-0.39, 0.29) is 5.28 Å². The zero-order valence-corrected chi connectivity index (χ0v) is 11.6. The average molecular weight is 282 g/mol. The predicted molar refractivity (Wildman–Crippen MR) is 72.4 cm³/mol. The first-order valence-corrected chi connectivity index (χ1v) is 6.69. The Morgan fingerprint density at radius 1 is 1.37 bits per heavy atom. The molecule has 6 heteroatoms. The van der Waals surface area contributed by atoms with Crippen LogP contribution in [0.3, 0.4) is 0 Å². The second kappa shape index (κ2) is 4.74. The van der Waals surface area contributed by atoms with Gasteiger partial charge in [0, 0.05) is 18.7 Å². The third-order valence-corrected chi connectivity index (χ3v) is 3.81. The van der Waals surface area contributed by atoms with Crippen LogP contribution in [0.4, 0.5) is 5.82 Å². The molecule has 1 aromatic heterocycles. The molecule has 2 aliphatic heterocycles. The molecular formula is C13H16ClN3O2. The largest absolute Gasteiger partial charge is 0.378 e. The normalized spacial score (nSPS) is 26.3. The zero-order chi connectivity index (χ0) is 13.5. The van der Waals surface area contributed by atoms with Crippen LogP contribution < -0.4 is 4.90 Å². The molecule has 0 saturated carbocycles. The van der Waals surface area contributed by atoms with Crippen LogP contribution in [0.5, 0.6) is 0 Å². The smallest absolute Gasteiger partial charge is 0.224 e. The SMILES string of the molecule is C=CC1(C)OCc2c(N3CCOCC3)nc(Cl)nc21. The second-order valence-electron chi connectivity index (χ2n) is 4.84. The van der Waals surface area contributed by atoms with E-state index in [4.69, 9.17) is 21.1 Å². The van der Waals surface area contributed by atoms with Gasteiger partial charge in [-0.2, -0.15) is 0 Å². The van der Waals surface area contributed by atoms with Crippen LogP contribution >= 0.6 is 11.6 Å². The van der Waals surface area contributed by atoms with Crippen LogP contribution in [-0.4, -0.2) is 36.3 Å². The van der Waals surface area contributed by atoms with Crippen molar-refractivity contribution < 1.29 is 9.47 Å². The first kappa shape index (κ1) is 12.8. The third kappa shape index (κ3) is 2.12. The van der Waals surface area contributed by atoms with E-state index in [2.05, 4.69) is 21.4 Å². The Hall–Kier alpha value is -1.17. The van der Waals surface area contributed by atoms with E-state index in [0.717, 1.165) is 30.2 Å². The number of rotatable bonds is 2. The zero-order valence-electron chi connectivity index (χ0n) is 10.9. The maximum atomic E-state index is 6.06. The highest BCUT2D eigenvalue weighted by molar-refractivity contribution is 6.28. The van der Waals surface area contributed by atoms with Gasteiger partial charge in [-0.15, -0.1) is 0 Å². The molecule has 0 aliphatic carbocycles. The van der Waals surface area contributed by atoms with Gasteiger partial charge < -0.3 is 14.4 Å². The van der Waals surface area contributed by atoms with E-state index < -0.39 is 5.60 Å². The van der Waals surface area contributed by atoms with Crippen LogP contribution in [0, 0.1) is 0 Å². The lowest BCUT2D eigenvalue weighted by molar-refractivity contribution is 0.0141. The minimum Gasteiger partial charge on any atom is -0.378 e. The van der Waals surface area contributed by atoms with Crippen molar-refractivity contribution in [3.63, 3.8) is 0 Å². The number of anilines is 1. The molecule has 0 amide bonds. The van der Waals surface area contributed by atoms with E-state index in [0.29, 0.717) is 19.8 Å². The van der Waals surface area contributed by atoms with E-state index in [1.807, 2.05) is 6.92 Å². The Morgan fingerprint density at radius 2 is 2.11 bits per heavy atom. The lowest BCUT2D eigenvalue weighted by Crippen LogP contribution is -2.37. The number of nitrogens with zero attached hydrogens (tertiary/aromatic N) is 3. The summed E-state index contributed by atoms with van der Waals surface area (Å²) in [4.78, 5) is 10.9. The van der Waals surface area contributed by atoms with Crippen LogP contribution in [0.15, 0.2) is 12.7 Å². The minimum atomic E-state index is -0.580. The highest BCUT2D eigenvalue weighted by atomic mass is 35.5. The Kier molecular flexibility index (Phi) is 3.20. The molecule has 5 nitrogen and oxygen atoms in total. The first-order chi connectivity index (χ1) is 9.14. The Morgan fingerprint density at radius 3 is 2.79 bits per heavy atom. The van der Waals surface area contributed by atoms with Gasteiger partial charge >= 0.3 is 0 Å². The molecule has 1 saturated heterocycles. The van der Waals surface area contributed by atoms with Crippen molar-refractivity contribution in [2.75, 3.05) is 31.2 Å². The van der Waals surface area contributed by atoms with Crippen molar-refractivity contribution in [2.45, 2.75) is 19.1 Å². The van der Waals surface area contributed by atoms with Crippen LogP contribution in [0.25, 0.3) is 0 Å². The predicted octanol–water partition coefficient (Wildman–Crippen LogP) is 1.90. The van der Waals surface area contributed by atoms with Gasteiger partial charge in [0.25, 0.3) is 0 Å². The topological polar surface area (TPSA) is 47.5 Å². The van der Waals surface area contributed by atoms with Gasteiger partial charge in [-0.3, -0.25) is 0 Å². The molecule has 1 unspecified atom stereocenters. The Balaban J connectivity index is 2.07. The summed E-state index contributed by atoms with van der Waals surface area (Å²) < 4.78 is 11.2. The molecule has 3 rings (SSSR count). The van der Waals surface area contributed by atoms with Crippen LogP contribution in [-0.2, 0) is 21.7 Å². The van der Waals surface area contributed by atoms with Gasteiger partial charge in [0.2, 0.25) is 5.28 Å². The van der Waals surface area contributed by atoms with Gasteiger partial charge in [-0.1, -0.05) is 12.7 Å². The molecule has 1 fully saturated rings. The summed E-state index contributed by atoms with van der Waals surface area (Å²) in [6, 6.07) is 0. The van der Waals surface area contributed by atoms with Gasteiger partial charge in [-0.25, -0.2) is 9.97 Å². The lowest BCUT2D eigenvalue weighted by Gasteiger charge is -2.29. The summed E-state index contributed by atoms with van der Waals surface area (Å²) in [7, 11) is 0. The maximum absolute atomic E-state index is 6.06. The third-order valence-electron chi connectivity index (χ3n) is 3.64. The fourth-order valence-corrected chi connectivity index (χ4v) is 2.64. The first-order valence-electron chi connectivity index (χ1n) is 6.31. The lowest BCUT2D eigenvalue weighted by atomic mass is 10.0. The van der Waals surface area contributed by atoms with Crippen LogP contribution in [0.2, 0.25) is 5.28 Å². The summed E-state index contributed by atoms with van der Waals surface area (Å²) in [6.07, 6.45) is 1.76. The van der Waals surface area contributed by atoms with E-state index >= 15 is 0 Å². The van der Waals surface area contributed by atoms with Crippen molar-refractivity contribution in [3.8, 4) is 0 Å². The molecule has 1 atom stereocenters. The number of aromatic nitrogens is 2. The number of fused-ring (bicyclic) bond motifs is 1. The molecule has 0 spiro atoms. The number of hydrogen-bond acceptors (Lipinski definition) is 5. The molecule has 0 N–H and O–H groups in total. The molecule has 2 aliphatic rings. The molecular weight excluding hydrogens is 266 g/mol. The molecule has 3 heterocycles. The summed E-state index contributed by atoms with van der Waals surface area (Å²) in [5, 5.41) is 0.249. The van der Waals surface area contributed by atoms with Gasteiger partial charge in [-0.05, 0) is 18.5 Å². The van der Waals surface area contributed by atoms with Gasteiger partial charge in [0.1, 0.15) is 11.4 Å². The monoisotopic (exact) mass is 281 g/mol. The second-order valence-corrected chi connectivity index (χ2v) is 5.18. The molecule has 0 radical (unpaired) electrons. The van der Waals surface area contributed by atoms with E-state index in [1.54, 1.807) is 6.08 Å². The Labute approximate surface area is 117 Å². The van der Waals surface area contributed by atoms with Crippen LogP contribution in [0.1, 0.15) is 18.2 Å². The molecule has 1 aromatic rings. The number of ether oxygens (including phenoxy) is 2. The highest BCUT2D eigenvalue weighted by Gasteiger charge is 2.38. The van der Waals surface area contributed by atoms with Gasteiger partial charge in [0.05, 0.1) is 25.5 Å². The van der Waals surface area contributed by atoms with Crippen molar-refractivity contribution in [3.05, 3.63) is 29.2 Å². The molecule has 19 heavy (non-hydrogen) atoms. The summed E-state index contributed by atoms with van der Waals surface area (Å²) in [5.41, 5.74) is 1.25. The van der Waals surface area contributed by atoms with E-state index in [1.165, 1.54) is 0 Å². The molecule has 0 bridgehead atoms. The quantitative estimate of drug-likeness (QED) is 0.612. The summed E-state index contributed by atoms with van der Waals surface area (Å²) >= 11 is 6.06. The fraction of sp³-hybridized carbons (Fsp3) is 0.538. The van der Waals surface area contributed by atoms with Crippen molar-refractivity contribution >= 4 is 17.4 Å². The number of halogens is 1. The fourth-order valence-electron chi connectivity index (χ4n) is 2.47. The summed E-state index contributed by atoms with van der Waals surface area (Å²) in [6.45, 7) is 9.28. The number of morpholine rings is 1. The van der Waals surface area contributed by atoms with E-state index in [9.17, 15) is 0 Å². The molecule has 0 aromatic carbocycles. The van der Waals surface area contributed by atoms with Crippen molar-refractivity contribution in [2.24, 2.45) is 0 Å². The van der Waals surface area contributed by atoms with Gasteiger partial charge in [0.15, 0.2) is 0 Å². The maximum Gasteiger partial charge on any atom is 0.224 e. The average Bonchev–Trinajstić information content (AvgIpc) is 2.77. The van der Waals surface area contributed by atoms with Crippen molar-refractivity contribution in [1.29, 1.82) is 0 Å². The standard InChI is InChI=1S/C13H16ClN3O2/c1-3-13(2)10-9(8-19-13)11(16-12(14)15-10)17-4-6-18-7-5-17/h3H,1,4-8H2,2H3. The van der Waals surface area contributed by atoms with Crippen molar-refractivity contribution in [1.82, 2.24) is 9.97 Å². The molecule has 102 valence electrons. The highest BCUT2D eigenvalue weighted by Crippen LogP contribution is 2.40.